The van der Waals surface area contributed by atoms with Gasteiger partial charge in [-0.3, -0.25) is 95.9 Å². The number of thioether (sulfide) groups is 1. The van der Waals surface area contributed by atoms with Gasteiger partial charge in [0.2, 0.25) is 112 Å². The van der Waals surface area contributed by atoms with Crippen LogP contribution in [0, 0.1) is 17.3 Å². The molecule has 0 saturated carbocycles. The molecule has 1 aromatic heterocycles. The Morgan fingerprint density at radius 2 is 0.804 bits per heavy atom. The number of unbranched alkanes of at least 4 members (excludes halogenated alkanes) is 5. The Bertz CT molecular complexity index is 4710. The Labute approximate surface area is 839 Å². The van der Waals surface area contributed by atoms with Gasteiger partial charge in [-0.25, -0.2) is 0 Å². The predicted octanol–water partition coefficient (Wildman–Crippen LogP) is -3.38. The largest absolute Gasteiger partial charge is 0.481 e. The molecule has 0 spiro atoms. The summed E-state index contributed by atoms with van der Waals surface area (Å²) in [6, 6.07) is -11.9. The number of aliphatic carboxylic acids is 1. The Morgan fingerprint density at radius 1 is 0.434 bits per heavy atom. The van der Waals surface area contributed by atoms with Crippen LogP contribution in [0.3, 0.4) is 0 Å². The first-order valence-electron chi connectivity index (χ1n) is 50.4. The number of aromatic nitrogens is 1. The van der Waals surface area contributed by atoms with E-state index in [2.05, 4.69) is 79.4 Å². The van der Waals surface area contributed by atoms with Crippen LogP contribution in [0.4, 0.5) is 0 Å². The maximum Gasteiger partial charge on any atom is 0.303 e. The lowest BCUT2D eigenvalue weighted by Crippen LogP contribution is -2.59. The molecule has 0 radical (unpaired) electrons. The van der Waals surface area contributed by atoms with Gasteiger partial charge in [-0.2, -0.15) is 11.8 Å². The molecule has 6 heterocycles. The van der Waals surface area contributed by atoms with Crippen molar-refractivity contribution in [2.45, 2.75) is 344 Å². The number of rotatable bonds is 57. The Balaban J connectivity index is 0.844. The van der Waals surface area contributed by atoms with Crippen LogP contribution in [0.2, 0.25) is 0 Å². The quantitative estimate of drug-likeness (QED) is 0.0287. The molecule has 5 aliphatic heterocycles. The van der Waals surface area contributed by atoms with Crippen LogP contribution in [0.15, 0.2) is 30.5 Å². The summed E-state index contributed by atoms with van der Waals surface area (Å²) in [4.78, 5) is 284. The number of aromatic amines is 1. The van der Waals surface area contributed by atoms with E-state index in [1.807, 2.05) is 45.0 Å². The molecule has 0 aliphatic carbocycles. The minimum atomic E-state index is -1.31. The van der Waals surface area contributed by atoms with E-state index in [9.17, 15) is 95.9 Å². The van der Waals surface area contributed by atoms with Crippen molar-refractivity contribution in [3.8, 4) is 0 Å². The normalized spacial score (nSPS) is 19.5. The van der Waals surface area contributed by atoms with Crippen molar-refractivity contribution in [3.63, 3.8) is 0 Å². The Kier molecular flexibility index (Phi) is 48.2. The lowest BCUT2D eigenvalue weighted by molar-refractivity contribution is -0.149. The molecule has 1 unspecified atom stereocenters. The van der Waals surface area contributed by atoms with Crippen LogP contribution in [-0.2, 0) is 102 Å². The number of likely N-dealkylation sites (tertiary alicyclic amines) is 3. The van der Waals surface area contributed by atoms with Gasteiger partial charge in [0.15, 0.2) is 0 Å². The molecule has 143 heavy (non-hydrogen) atoms. The number of hydrogen-bond donors (Lipinski definition) is 22. The number of para-hydroxylation sites is 1. The van der Waals surface area contributed by atoms with Gasteiger partial charge in [-0.05, 0) is 246 Å². The number of fused-ring (bicyclic) bond motifs is 4. The molecule has 798 valence electrons. The lowest BCUT2D eigenvalue weighted by Gasteiger charge is -2.38. The number of hydrogen-bond acceptors (Lipinski definition) is 26. The van der Waals surface area contributed by atoms with Crippen LogP contribution in [-0.4, -0.2) is 327 Å². The first-order valence-corrected chi connectivity index (χ1v) is 51.5. The minimum Gasteiger partial charge on any atom is -0.481 e. The topological polar surface area (TPSA) is 715 Å². The highest BCUT2D eigenvalue weighted by Gasteiger charge is 2.51. The number of carbonyl (C=O) groups is 20. The van der Waals surface area contributed by atoms with Crippen LogP contribution in [0.25, 0.3) is 10.9 Å². The van der Waals surface area contributed by atoms with Crippen LogP contribution in [0.5, 0.6) is 0 Å². The van der Waals surface area contributed by atoms with Crippen LogP contribution >= 0.6 is 11.8 Å². The fourth-order valence-electron chi connectivity index (χ4n) is 18.1. The third kappa shape index (κ3) is 36.8. The predicted molar refractivity (Wildman–Crippen MR) is 532 cm³/mol. The third-order valence-corrected chi connectivity index (χ3v) is 28.1. The summed E-state index contributed by atoms with van der Waals surface area (Å²) in [6.45, 7) is 17.6. The summed E-state index contributed by atoms with van der Waals surface area (Å²) in [5.74, 6) is -14.2. The zero-order chi connectivity index (χ0) is 106. The Morgan fingerprint density at radius 3 is 1.22 bits per heavy atom. The minimum absolute atomic E-state index is 0.0305. The van der Waals surface area contributed by atoms with Gasteiger partial charge in [0.1, 0.15) is 96.7 Å². The van der Waals surface area contributed by atoms with Crippen molar-refractivity contribution >= 4 is 141 Å². The number of nitrogens with one attached hydrogen (secondary N) is 15. The third-order valence-electron chi connectivity index (χ3n) is 26.7. The second kappa shape index (κ2) is 58.3. The zero-order valence-corrected chi connectivity index (χ0v) is 85.2. The summed E-state index contributed by atoms with van der Waals surface area (Å²) < 4.78 is 0. The molecule has 46 nitrogen and oxygen atoms in total. The number of carboxylic acids is 1. The summed E-state index contributed by atoms with van der Waals surface area (Å²) >= 11 is 1.59. The number of nitrogens with two attached hydrogens (primary N) is 6. The number of primary amides is 1. The molecular formula is C96H157N25O21S. The zero-order valence-electron chi connectivity index (χ0n) is 84.4. The van der Waals surface area contributed by atoms with Gasteiger partial charge in [-0.15, -0.1) is 0 Å². The molecule has 1 aromatic carbocycles. The highest BCUT2D eigenvalue weighted by Crippen LogP contribution is 2.39. The molecule has 5 fully saturated rings. The Hall–Kier alpha value is -11.7. The molecule has 2 aromatic rings. The maximum absolute atomic E-state index is 14.6. The fraction of sp³-hybridized carbons (Fsp3) is 0.708. The van der Waals surface area contributed by atoms with Crippen LogP contribution < -0.4 is 109 Å². The van der Waals surface area contributed by atoms with E-state index in [0.29, 0.717) is 109 Å². The standard InChI is InChI=1S/C96H157N25O21S/c1-53(106-83(130)57(5)110-92(139)74-31-30-63-52-143-64-48-75(95(142)121(63)74)120(51-64)76(122)32-33-77(123)124)79(126)104-54(2)80(127)107-58(6)84(131)111-67(25-13-18-38-97)87(134)109-56(4)82(129)105-55(3)81(128)108-59(7)85(132)117-73(49-96(8,9)10)94(141)119-45-36-61(37-46-119)93(140)118-43-34-60(35-44-118)86(133)112-68(26-14-19-39-98)88(135)113-69(27-15-20-40-99)89(136)114-70(28-16-21-41-100)90(137)115-71(29-17-22-42-101)91(138)116-72(78(102)125)47-62-50-103-66-24-12-11-23-65(62)66/h11-12,23-24,50,53-61,63-64,67-75,103H,13-22,25-49,51-52,97-101H2,1-10H3,(H2,102,125)(H,104,126)(H,105,129)(H,106,130)(H,107,127)(H,108,128)(H,109,134)(H,110,139)(H,111,131)(H,112,133)(H,113,135)(H,114,136)(H,115,137)(H,116,138)(H,117,132)(H,123,124)/t53-,54-,55-,56-,57-,58-,59-,63?,64+,67-,68-,69-,70-,71-,72-,73-,74-,75+/m0/s1. The van der Waals surface area contributed by atoms with Crippen molar-refractivity contribution in [2.24, 2.45) is 51.7 Å². The summed E-state index contributed by atoms with van der Waals surface area (Å²) in [5.41, 5.74) is 36.1. The van der Waals surface area contributed by atoms with Crippen molar-refractivity contribution in [2.75, 3.05) is 71.2 Å². The number of H-pyrrole nitrogens is 1. The van der Waals surface area contributed by atoms with E-state index < -0.39 is 233 Å². The van der Waals surface area contributed by atoms with Crippen LogP contribution in [0.1, 0.15) is 235 Å². The molecule has 2 bridgehead atoms. The number of amides is 19. The highest BCUT2D eigenvalue weighted by molar-refractivity contribution is 8.00. The number of carboxylic acid groups (broad SMARTS) is 1. The molecule has 7 rings (SSSR count). The van der Waals surface area contributed by atoms with E-state index in [1.54, 1.807) is 27.8 Å². The van der Waals surface area contributed by atoms with Crippen molar-refractivity contribution in [1.29, 1.82) is 0 Å². The van der Waals surface area contributed by atoms with Crippen molar-refractivity contribution in [1.82, 2.24) is 99.0 Å². The van der Waals surface area contributed by atoms with Gasteiger partial charge >= 0.3 is 5.97 Å². The average molecular weight is 2030 g/mol. The average Bonchev–Trinajstić information content (AvgIpc) is 1.61. The van der Waals surface area contributed by atoms with E-state index in [-0.39, 0.29) is 140 Å². The molecule has 47 heteroatoms. The molecule has 28 N–H and O–H groups in total. The number of nitrogens with zero attached hydrogens (tertiary/aromatic N) is 4. The van der Waals surface area contributed by atoms with E-state index in [4.69, 9.17) is 39.5 Å². The summed E-state index contributed by atoms with van der Waals surface area (Å²) in [6.07, 6.45) is 8.49. The molecule has 18 atom stereocenters. The first-order chi connectivity index (χ1) is 67.8. The van der Waals surface area contributed by atoms with Crippen molar-refractivity contribution < 1.29 is 101 Å². The summed E-state index contributed by atoms with van der Waals surface area (Å²) in [7, 11) is 0. The summed E-state index contributed by atoms with van der Waals surface area (Å²) in [5, 5.41) is 47.2. The van der Waals surface area contributed by atoms with E-state index >= 15 is 0 Å². The monoisotopic (exact) mass is 2030 g/mol. The van der Waals surface area contributed by atoms with Gasteiger partial charge in [0.05, 0.1) is 6.42 Å². The molecule has 19 amide bonds. The first kappa shape index (κ1) is 118. The smallest absolute Gasteiger partial charge is 0.303 e. The molecule has 5 saturated heterocycles. The van der Waals surface area contributed by atoms with Gasteiger partial charge in [0, 0.05) is 91.5 Å². The van der Waals surface area contributed by atoms with E-state index in [1.165, 1.54) is 58.3 Å². The number of carbonyl (C=O) groups excluding carboxylic acids is 19. The van der Waals surface area contributed by atoms with Gasteiger partial charge in [0.25, 0.3) is 0 Å². The fourth-order valence-corrected chi connectivity index (χ4v) is 19.5. The second-order valence-electron chi connectivity index (χ2n) is 39.5. The SMILES string of the molecule is C[C@H](NC(=O)[C@H](C)NC(=O)[C@H](C)NC(=O)[C@@H]1CCC2CS[C@@H]3C[C@H](C(=O)N21)N(C(=O)CCC(=O)O)C3)C(=O)N[C@@H](C)C(=O)N[C@@H](CCCCN)C(=O)N[C@@H](C)C(=O)N[C@@H](C)C(=O)N[C@@H](C)C(=O)N[C@@H](CC(C)(C)C)C(=O)N1CCC(C(=O)N2CCC(C(=O)N[C@@H](CCCCN)C(=O)N[C@@H](CCCCN)C(=O)N[C@@H](CCCCN)C(=O)N[C@@H](CCCCN)C(=O)N[C@@H](Cc3c[nH]c4ccccc34)C(N)=O)CC2)CC1. The number of benzene rings is 1. The second-order valence-corrected chi connectivity index (χ2v) is 40.9. The molecule has 5 aliphatic rings. The van der Waals surface area contributed by atoms with Crippen molar-refractivity contribution in [3.05, 3.63) is 36.0 Å². The highest BCUT2D eigenvalue weighted by atomic mass is 32.2. The molecular weight excluding hydrogens is 1870 g/mol. The van der Waals surface area contributed by atoms with Gasteiger partial charge in [-0.1, -0.05) is 39.0 Å². The number of piperidine rings is 2. The lowest BCUT2D eigenvalue weighted by atomic mass is 9.86. The van der Waals surface area contributed by atoms with E-state index in [0.717, 1.165) is 16.5 Å². The van der Waals surface area contributed by atoms with Gasteiger partial charge < -0.3 is 139 Å². The maximum atomic E-state index is 14.6.